The Morgan fingerprint density at radius 3 is 2.26 bits per heavy atom. The number of amides is 1. The highest BCUT2D eigenvalue weighted by Crippen LogP contribution is 2.42. The zero-order valence-corrected chi connectivity index (χ0v) is 18.0. The standard InChI is InChI=1S/C24H22ClF3N2O/c1-15-20(17-8-10-18(25)11-9-17)21(23(31)29(2)19-12-13-19)30(22(15)24(26,27)28)14-16-6-4-3-5-7-16/h3-11,19H,12-14H2,1-2H3. The van der Waals surface area contributed by atoms with Crippen LogP contribution in [0.5, 0.6) is 0 Å². The van der Waals surface area contributed by atoms with Crippen LogP contribution in [0.2, 0.25) is 5.02 Å². The molecule has 1 aliphatic carbocycles. The van der Waals surface area contributed by atoms with Crippen molar-refractivity contribution in [3.05, 3.63) is 82.1 Å². The molecule has 1 aromatic heterocycles. The Kier molecular flexibility index (Phi) is 5.60. The van der Waals surface area contributed by atoms with Crippen LogP contribution in [0.25, 0.3) is 11.1 Å². The van der Waals surface area contributed by atoms with E-state index in [-0.39, 0.29) is 23.8 Å². The summed E-state index contributed by atoms with van der Waals surface area (Å²) in [6.45, 7) is 1.38. The lowest BCUT2D eigenvalue weighted by molar-refractivity contribution is -0.143. The second-order valence-electron chi connectivity index (χ2n) is 7.92. The Hall–Kier alpha value is -2.73. The summed E-state index contributed by atoms with van der Waals surface area (Å²) in [5.74, 6) is -0.401. The van der Waals surface area contributed by atoms with Gasteiger partial charge in [0.2, 0.25) is 0 Å². The second kappa shape index (κ2) is 8.08. The van der Waals surface area contributed by atoms with Gasteiger partial charge in [0.1, 0.15) is 11.4 Å². The van der Waals surface area contributed by atoms with Crippen LogP contribution in [-0.2, 0) is 12.7 Å². The summed E-state index contributed by atoms with van der Waals surface area (Å²) in [6, 6.07) is 15.5. The third-order valence-electron chi connectivity index (χ3n) is 5.71. The molecule has 2 aromatic carbocycles. The Bertz CT molecular complexity index is 1100. The summed E-state index contributed by atoms with van der Waals surface area (Å²) in [5, 5.41) is 0.476. The van der Waals surface area contributed by atoms with E-state index in [1.165, 1.54) is 6.92 Å². The molecule has 162 valence electrons. The van der Waals surface area contributed by atoms with Crippen molar-refractivity contribution in [1.82, 2.24) is 9.47 Å². The van der Waals surface area contributed by atoms with Gasteiger partial charge in [-0.25, -0.2) is 0 Å². The van der Waals surface area contributed by atoms with Crippen molar-refractivity contribution in [3.8, 4) is 11.1 Å². The van der Waals surface area contributed by atoms with Gasteiger partial charge in [0.15, 0.2) is 0 Å². The summed E-state index contributed by atoms with van der Waals surface area (Å²) in [5.41, 5.74) is 0.829. The van der Waals surface area contributed by atoms with Crippen molar-refractivity contribution in [2.24, 2.45) is 0 Å². The van der Waals surface area contributed by atoms with E-state index in [9.17, 15) is 18.0 Å². The number of benzene rings is 2. The van der Waals surface area contributed by atoms with Crippen LogP contribution in [0.3, 0.4) is 0 Å². The van der Waals surface area contributed by atoms with Crippen molar-refractivity contribution >= 4 is 17.5 Å². The topological polar surface area (TPSA) is 25.2 Å². The molecule has 1 heterocycles. The van der Waals surface area contributed by atoms with Crippen molar-refractivity contribution in [2.75, 3.05) is 7.05 Å². The highest BCUT2D eigenvalue weighted by Gasteiger charge is 2.42. The Balaban J connectivity index is 1.99. The van der Waals surface area contributed by atoms with Crippen molar-refractivity contribution in [3.63, 3.8) is 0 Å². The van der Waals surface area contributed by atoms with Gasteiger partial charge in [-0.3, -0.25) is 4.79 Å². The average Bonchev–Trinajstić information content (AvgIpc) is 3.52. The third kappa shape index (κ3) is 4.22. The highest BCUT2D eigenvalue weighted by atomic mass is 35.5. The molecule has 0 aliphatic heterocycles. The first kappa shape index (κ1) is 21.5. The average molecular weight is 447 g/mol. The zero-order chi connectivity index (χ0) is 22.3. The number of carbonyl (C=O) groups is 1. The van der Waals surface area contributed by atoms with Gasteiger partial charge in [-0.15, -0.1) is 0 Å². The lowest BCUT2D eigenvalue weighted by atomic mass is 10.00. The summed E-state index contributed by atoms with van der Waals surface area (Å²) in [6.07, 6.45) is -2.89. The SMILES string of the molecule is Cc1c(-c2ccc(Cl)cc2)c(C(=O)N(C)C2CC2)n(Cc2ccccc2)c1C(F)(F)F. The monoisotopic (exact) mass is 446 g/mol. The molecular weight excluding hydrogens is 425 g/mol. The van der Waals surface area contributed by atoms with E-state index in [0.717, 1.165) is 17.4 Å². The lowest BCUT2D eigenvalue weighted by Gasteiger charge is -2.21. The van der Waals surface area contributed by atoms with Gasteiger partial charge in [0.25, 0.3) is 5.91 Å². The summed E-state index contributed by atoms with van der Waals surface area (Å²) in [4.78, 5) is 15.1. The molecule has 0 saturated heterocycles. The first-order valence-corrected chi connectivity index (χ1v) is 10.4. The molecule has 31 heavy (non-hydrogen) atoms. The van der Waals surface area contributed by atoms with Gasteiger partial charge in [0.05, 0.1) is 0 Å². The fourth-order valence-electron chi connectivity index (χ4n) is 4.02. The van der Waals surface area contributed by atoms with E-state index in [4.69, 9.17) is 11.6 Å². The van der Waals surface area contributed by atoms with Gasteiger partial charge in [-0.1, -0.05) is 54.1 Å². The van der Waals surface area contributed by atoms with Crippen molar-refractivity contribution in [2.45, 2.75) is 38.5 Å². The Morgan fingerprint density at radius 2 is 1.71 bits per heavy atom. The summed E-state index contributed by atoms with van der Waals surface area (Å²) < 4.78 is 43.9. The molecule has 1 aliphatic rings. The fraction of sp³-hybridized carbons (Fsp3) is 0.292. The number of alkyl halides is 3. The summed E-state index contributed by atoms with van der Waals surface area (Å²) >= 11 is 6.00. The minimum Gasteiger partial charge on any atom is -0.337 e. The summed E-state index contributed by atoms with van der Waals surface area (Å²) in [7, 11) is 1.66. The predicted octanol–water partition coefficient (Wildman–Crippen LogP) is 6.42. The number of hydrogen-bond donors (Lipinski definition) is 0. The molecule has 0 bridgehead atoms. The quantitative estimate of drug-likeness (QED) is 0.444. The first-order chi connectivity index (χ1) is 14.7. The molecule has 1 saturated carbocycles. The molecular formula is C24H22ClF3N2O. The maximum absolute atomic E-state index is 14.3. The molecule has 3 nitrogen and oxygen atoms in total. The molecule has 0 spiro atoms. The van der Waals surface area contributed by atoms with Crippen LogP contribution in [0.15, 0.2) is 54.6 Å². The molecule has 7 heteroatoms. The maximum atomic E-state index is 14.3. The number of halogens is 4. The number of nitrogens with zero attached hydrogens (tertiary/aromatic N) is 2. The van der Waals surface area contributed by atoms with Crippen molar-refractivity contribution < 1.29 is 18.0 Å². The van der Waals surface area contributed by atoms with E-state index in [2.05, 4.69) is 0 Å². The molecule has 3 aromatic rings. The van der Waals surface area contributed by atoms with E-state index in [0.29, 0.717) is 21.7 Å². The van der Waals surface area contributed by atoms with Crippen molar-refractivity contribution in [1.29, 1.82) is 0 Å². The van der Waals surface area contributed by atoms with Gasteiger partial charge < -0.3 is 9.47 Å². The molecule has 1 amide bonds. The normalized spacial score (nSPS) is 14.0. The molecule has 0 N–H and O–H groups in total. The van der Waals surface area contributed by atoms with Crippen LogP contribution < -0.4 is 0 Å². The molecule has 0 atom stereocenters. The lowest BCUT2D eigenvalue weighted by Crippen LogP contribution is -2.32. The predicted molar refractivity (Wildman–Crippen MR) is 115 cm³/mol. The van der Waals surface area contributed by atoms with Gasteiger partial charge in [0, 0.05) is 30.2 Å². The van der Waals surface area contributed by atoms with E-state index < -0.39 is 17.8 Å². The Morgan fingerprint density at radius 1 is 1.10 bits per heavy atom. The maximum Gasteiger partial charge on any atom is 0.431 e. The smallest absolute Gasteiger partial charge is 0.337 e. The van der Waals surface area contributed by atoms with E-state index >= 15 is 0 Å². The first-order valence-electron chi connectivity index (χ1n) is 10.1. The van der Waals surface area contributed by atoms with Gasteiger partial charge in [-0.2, -0.15) is 13.2 Å². The number of hydrogen-bond acceptors (Lipinski definition) is 1. The molecule has 1 fully saturated rings. The van der Waals surface area contributed by atoms with Gasteiger partial charge in [-0.05, 0) is 48.6 Å². The van der Waals surface area contributed by atoms with Crippen LogP contribution in [0.4, 0.5) is 13.2 Å². The third-order valence-corrected chi connectivity index (χ3v) is 5.96. The molecule has 0 radical (unpaired) electrons. The number of aromatic nitrogens is 1. The van der Waals surface area contributed by atoms with Crippen LogP contribution in [-0.4, -0.2) is 28.5 Å². The minimum atomic E-state index is -4.61. The van der Waals surface area contributed by atoms with Crippen LogP contribution in [0, 0.1) is 6.92 Å². The zero-order valence-electron chi connectivity index (χ0n) is 17.2. The number of rotatable bonds is 5. The minimum absolute atomic E-state index is 0.0401. The van der Waals surface area contributed by atoms with Crippen LogP contribution >= 0.6 is 11.6 Å². The molecule has 0 unspecified atom stereocenters. The largest absolute Gasteiger partial charge is 0.431 e. The van der Waals surface area contributed by atoms with Crippen LogP contribution in [0.1, 0.15) is 40.2 Å². The number of carbonyl (C=O) groups excluding carboxylic acids is 1. The van der Waals surface area contributed by atoms with E-state index in [1.54, 1.807) is 66.5 Å². The molecule has 4 rings (SSSR count). The van der Waals surface area contributed by atoms with Gasteiger partial charge >= 0.3 is 6.18 Å². The highest BCUT2D eigenvalue weighted by molar-refractivity contribution is 6.30. The Labute approximate surface area is 184 Å². The second-order valence-corrected chi connectivity index (χ2v) is 8.36. The fourth-order valence-corrected chi connectivity index (χ4v) is 4.15. The van der Waals surface area contributed by atoms with E-state index in [1.807, 2.05) is 0 Å².